The van der Waals surface area contributed by atoms with Gasteiger partial charge in [0.05, 0.1) is 0 Å². The van der Waals surface area contributed by atoms with Gasteiger partial charge in [-0.05, 0) is 13.8 Å². The van der Waals surface area contributed by atoms with E-state index in [1.807, 2.05) is 0 Å². The zero-order chi connectivity index (χ0) is 8.36. The number of hydrogen-bond acceptors (Lipinski definition) is 1. The molecule has 0 aromatic rings. The SMILES string of the molecule is C=C(N=C(C)C)C(F)(F)F. The van der Waals surface area contributed by atoms with Crippen molar-refractivity contribution in [1.82, 2.24) is 0 Å². The van der Waals surface area contributed by atoms with Crippen molar-refractivity contribution in [3.8, 4) is 0 Å². The van der Waals surface area contributed by atoms with E-state index < -0.39 is 11.9 Å². The minimum absolute atomic E-state index is 0.349. The summed E-state index contributed by atoms with van der Waals surface area (Å²) in [7, 11) is 0. The van der Waals surface area contributed by atoms with E-state index in [0.29, 0.717) is 5.71 Å². The van der Waals surface area contributed by atoms with Gasteiger partial charge in [-0.1, -0.05) is 6.58 Å². The van der Waals surface area contributed by atoms with Crippen LogP contribution in [0.1, 0.15) is 13.8 Å². The highest BCUT2D eigenvalue weighted by Gasteiger charge is 2.31. The van der Waals surface area contributed by atoms with Crippen LogP contribution in [0.5, 0.6) is 0 Å². The molecule has 0 radical (unpaired) electrons. The Morgan fingerprint density at radius 1 is 1.30 bits per heavy atom. The topological polar surface area (TPSA) is 12.4 Å². The molecular weight excluding hydrogens is 143 g/mol. The number of halogens is 3. The van der Waals surface area contributed by atoms with Crippen LogP contribution in [-0.4, -0.2) is 11.9 Å². The van der Waals surface area contributed by atoms with E-state index >= 15 is 0 Å². The maximum absolute atomic E-state index is 11.6. The first-order valence-corrected chi connectivity index (χ1v) is 2.62. The fraction of sp³-hybridized carbons (Fsp3) is 0.500. The zero-order valence-electron chi connectivity index (χ0n) is 5.79. The molecule has 0 aromatic heterocycles. The van der Waals surface area contributed by atoms with Gasteiger partial charge in [-0.25, -0.2) is 0 Å². The van der Waals surface area contributed by atoms with Crippen LogP contribution < -0.4 is 0 Å². The van der Waals surface area contributed by atoms with E-state index in [0.717, 1.165) is 0 Å². The molecule has 0 rings (SSSR count). The Labute approximate surface area is 57.3 Å². The maximum Gasteiger partial charge on any atom is 0.432 e. The second kappa shape index (κ2) is 2.86. The first-order chi connectivity index (χ1) is 4.34. The van der Waals surface area contributed by atoms with Gasteiger partial charge < -0.3 is 0 Å². The average molecular weight is 151 g/mol. The second-order valence-electron chi connectivity index (χ2n) is 2.00. The number of nitrogens with zero attached hydrogens (tertiary/aromatic N) is 1. The van der Waals surface area contributed by atoms with E-state index in [4.69, 9.17) is 0 Å². The van der Waals surface area contributed by atoms with Gasteiger partial charge in [0.1, 0.15) is 5.70 Å². The van der Waals surface area contributed by atoms with Crippen molar-refractivity contribution in [3.63, 3.8) is 0 Å². The number of allylic oxidation sites excluding steroid dienone is 1. The van der Waals surface area contributed by atoms with Gasteiger partial charge in [-0.3, -0.25) is 4.99 Å². The van der Waals surface area contributed by atoms with Crippen molar-refractivity contribution in [2.45, 2.75) is 20.0 Å². The lowest BCUT2D eigenvalue weighted by Crippen LogP contribution is -2.09. The molecule has 58 valence electrons. The molecular formula is C6H8F3N. The van der Waals surface area contributed by atoms with Gasteiger partial charge in [-0.15, -0.1) is 0 Å². The van der Waals surface area contributed by atoms with Gasteiger partial charge >= 0.3 is 6.18 Å². The fourth-order valence-corrected chi connectivity index (χ4v) is 0.333. The quantitative estimate of drug-likeness (QED) is 0.510. The lowest BCUT2D eigenvalue weighted by Gasteiger charge is -2.04. The van der Waals surface area contributed by atoms with Crippen molar-refractivity contribution in [1.29, 1.82) is 0 Å². The Balaban J connectivity index is 4.27. The highest BCUT2D eigenvalue weighted by molar-refractivity contribution is 5.80. The summed E-state index contributed by atoms with van der Waals surface area (Å²) in [6.45, 7) is 5.72. The van der Waals surface area contributed by atoms with Gasteiger partial charge in [0, 0.05) is 5.71 Å². The Morgan fingerprint density at radius 3 is 1.80 bits per heavy atom. The Hall–Kier alpha value is -0.800. The van der Waals surface area contributed by atoms with Crippen LogP contribution in [0, 0.1) is 0 Å². The summed E-state index contributed by atoms with van der Waals surface area (Å²) in [4.78, 5) is 3.15. The molecule has 0 saturated carbocycles. The minimum Gasteiger partial charge on any atom is -0.254 e. The van der Waals surface area contributed by atoms with E-state index in [1.54, 1.807) is 0 Å². The monoisotopic (exact) mass is 151 g/mol. The molecule has 0 unspecified atom stereocenters. The summed E-state index contributed by atoms with van der Waals surface area (Å²) in [6.07, 6.45) is -4.39. The summed E-state index contributed by atoms with van der Waals surface area (Å²) in [5.41, 5.74) is -0.699. The largest absolute Gasteiger partial charge is 0.432 e. The number of alkyl halides is 3. The molecule has 0 bridgehead atoms. The summed E-state index contributed by atoms with van der Waals surface area (Å²) in [6, 6.07) is 0. The van der Waals surface area contributed by atoms with Gasteiger partial charge in [0.2, 0.25) is 0 Å². The highest BCUT2D eigenvalue weighted by Crippen LogP contribution is 2.24. The molecule has 0 fully saturated rings. The third kappa shape index (κ3) is 3.27. The molecule has 0 N–H and O–H groups in total. The lowest BCUT2D eigenvalue weighted by atomic mass is 10.4. The highest BCUT2D eigenvalue weighted by atomic mass is 19.4. The molecule has 0 aromatic carbocycles. The maximum atomic E-state index is 11.6. The zero-order valence-corrected chi connectivity index (χ0v) is 5.79. The molecule has 4 heteroatoms. The molecule has 1 nitrogen and oxygen atoms in total. The molecule has 0 aliphatic carbocycles. The second-order valence-corrected chi connectivity index (χ2v) is 2.00. The molecule has 0 aliphatic rings. The first-order valence-electron chi connectivity index (χ1n) is 2.62. The smallest absolute Gasteiger partial charge is 0.254 e. The van der Waals surface area contributed by atoms with Crippen molar-refractivity contribution in [3.05, 3.63) is 12.3 Å². The number of hydrogen-bond donors (Lipinski definition) is 0. The van der Waals surface area contributed by atoms with Crippen LogP contribution in [0.3, 0.4) is 0 Å². The normalized spacial score (nSPS) is 10.9. The Bertz CT molecular complexity index is 162. The predicted octanol–water partition coefficient (Wildman–Crippen LogP) is 2.54. The molecule has 10 heavy (non-hydrogen) atoms. The van der Waals surface area contributed by atoms with E-state index in [1.165, 1.54) is 13.8 Å². The molecule has 0 aliphatic heterocycles. The molecule has 0 spiro atoms. The summed E-state index contributed by atoms with van der Waals surface area (Å²) >= 11 is 0. The molecule has 0 heterocycles. The third-order valence-corrected chi connectivity index (χ3v) is 0.686. The average Bonchev–Trinajstić information content (AvgIpc) is 1.60. The van der Waals surface area contributed by atoms with E-state index in [-0.39, 0.29) is 0 Å². The van der Waals surface area contributed by atoms with Crippen molar-refractivity contribution in [2.75, 3.05) is 0 Å². The van der Waals surface area contributed by atoms with Gasteiger partial charge in [-0.2, -0.15) is 13.2 Å². The first kappa shape index (κ1) is 9.20. The fourth-order valence-electron chi connectivity index (χ4n) is 0.333. The van der Waals surface area contributed by atoms with Crippen LogP contribution in [0.2, 0.25) is 0 Å². The molecule has 0 amide bonds. The summed E-state index contributed by atoms with van der Waals surface area (Å²) in [5, 5.41) is 0. The number of aliphatic imine (C=N–C) groups is 1. The van der Waals surface area contributed by atoms with Crippen LogP contribution >= 0.6 is 0 Å². The van der Waals surface area contributed by atoms with Crippen molar-refractivity contribution >= 4 is 5.71 Å². The molecule has 0 atom stereocenters. The van der Waals surface area contributed by atoms with Crippen LogP contribution in [-0.2, 0) is 0 Å². The summed E-state index contributed by atoms with van der Waals surface area (Å²) in [5.74, 6) is 0. The van der Waals surface area contributed by atoms with Gasteiger partial charge in [0.15, 0.2) is 0 Å². The minimum atomic E-state index is -4.39. The van der Waals surface area contributed by atoms with E-state index in [9.17, 15) is 13.2 Å². The summed E-state index contributed by atoms with van der Waals surface area (Å²) < 4.78 is 34.8. The lowest BCUT2D eigenvalue weighted by molar-refractivity contribution is -0.0919. The van der Waals surface area contributed by atoms with Crippen LogP contribution in [0.15, 0.2) is 17.3 Å². The van der Waals surface area contributed by atoms with Crippen LogP contribution in [0.25, 0.3) is 0 Å². The van der Waals surface area contributed by atoms with Crippen LogP contribution in [0.4, 0.5) is 13.2 Å². The van der Waals surface area contributed by atoms with Crippen molar-refractivity contribution < 1.29 is 13.2 Å². The predicted molar refractivity (Wildman–Crippen MR) is 34.0 cm³/mol. The molecule has 0 saturated heterocycles. The Morgan fingerprint density at radius 2 is 1.70 bits per heavy atom. The third-order valence-electron chi connectivity index (χ3n) is 0.686. The van der Waals surface area contributed by atoms with Gasteiger partial charge in [0.25, 0.3) is 0 Å². The van der Waals surface area contributed by atoms with Crippen molar-refractivity contribution in [2.24, 2.45) is 4.99 Å². The standard InChI is InChI=1S/C6H8F3N/c1-4(2)10-5(3)6(7,8)9/h3H2,1-2H3. The Kier molecular flexibility index (Phi) is 2.63. The number of rotatable bonds is 1. The van der Waals surface area contributed by atoms with E-state index in [2.05, 4.69) is 11.6 Å².